The van der Waals surface area contributed by atoms with Crippen molar-refractivity contribution < 1.29 is 9.32 Å². The summed E-state index contributed by atoms with van der Waals surface area (Å²) < 4.78 is 4.89. The number of amides is 1. The van der Waals surface area contributed by atoms with Crippen LogP contribution in [0.4, 0.5) is 5.82 Å². The number of rotatable bonds is 2. The maximum atomic E-state index is 11.9. The minimum absolute atomic E-state index is 0.0273. The zero-order valence-corrected chi connectivity index (χ0v) is 9.62. The van der Waals surface area contributed by atoms with E-state index in [0.29, 0.717) is 17.5 Å². The maximum Gasteiger partial charge on any atom is 0.243 e. The van der Waals surface area contributed by atoms with E-state index in [-0.39, 0.29) is 11.9 Å². The zero-order chi connectivity index (χ0) is 11.5. The molecule has 1 amide bonds. The molecular formula is C11H17N3O2. The molecule has 1 aliphatic heterocycles. The molecule has 1 aliphatic rings. The fraction of sp³-hybridized carbons (Fsp3) is 0.636. The van der Waals surface area contributed by atoms with E-state index in [0.717, 1.165) is 19.4 Å². The number of aromatic nitrogens is 1. The lowest BCUT2D eigenvalue weighted by atomic mass is 9.92. The molecule has 0 bridgehead atoms. The van der Waals surface area contributed by atoms with Crippen LogP contribution >= 0.6 is 0 Å². The third kappa shape index (κ3) is 2.41. The van der Waals surface area contributed by atoms with Crippen LogP contribution in [0.25, 0.3) is 0 Å². The average molecular weight is 223 g/mol. The molecule has 1 fully saturated rings. The summed E-state index contributed by atoms with van der Waals surface area (Å²) in [5, 5.41) is 9.72. The van der Waals surface area contributed by atoms with Crippen molar-refractivity contribution in [1.82, 2.24) is 10.5 Å². The lowest BCUT2D eigenvalue weighted by Crippen LogP contribution is -2.48. The third-order valence-corrected chi connectivity index (χ3v) is 2.93. The first-order chi connectivity index (χ1) is 7.66. The lowest BCUT2D eigenvalue weighted by Gasteiger charge is -2.28. The molecular weight excluding hydrogens is 206 g/mol. The standard InChI is InChI=1S/C11H17N3O2/c1-7-4-3-5-12-10(7)11(15)13-9-6-8(2)16-14-9/h6-7,10,12H,3-5H2,1-2H3,(H,13,14,15). The predicted molar refractivity (Wildman–Crippen MR) is 60.1 cm³/mol. The average Bonchev–Trinajstić information content (AvgIpc) is 2.64. The summed E-state index contributed by atoms with van der Waals surface area (Å²) in [5.74, 6) is 1.52. The highest BCUT2D eigenvalue weighted by Crippen LogP contribution is 2.17. The van der Waals surface area contributed by atoms with E-state index in [1.165, 1.54) is 0 Å². The normalized spacial score (nSPS) is 25.4. The van der Waals surface area contributed by atoms with Gasteiger partial charge < -0.3 is 15.2 Å². The summed E-state index contributed by atoms with van der Waals surface area (Å²) in [6, 6.07) is 1.59. The summed E-state index contributed by atoms with van der Waals surface area (Å²) >= 11 is 0. The Hall–Kier alpha value is -1.36. The van der Waals surface area contributed by atoms with Gasteiger partial charge in [-0.3, -0.25) is 4.79 Å². The van der Waals surface area contributed by atoms with Crippen molar-refractivity contribution in [1.29, 1.82) is 0 Å². The molecule has 2 N–H and O–H groups in total. The van der Waals surface area contributed by atoms with Crippen LogP contribution in [-0.4, -0.2) is 23.7 Å². The largest absolute Gasteiger partial charge is 0.360 e. The molecule has 1 aromatic heterocycles. The first kappa shape index (κ1) is 11.1. The SMILES string of the molecule is Cc1cc(NC(=O)C2NCCCC2C)no1. The van der Waals surface area contributed by atoms with E-state index in [4.69, 9.17) is 4.52 Å². The Morgan fingerprint density at radius 2 is 2.50 bits per heavy atom. The highest BCUT2D eigenvalue weighted by molar-refractivity contribution is 5.94. The molecule has 5 heteroatoms. The monoisotopic (exact) mass is 223 g/mol. The summed E-state index contributed by atoms with van der Waals surface area (Å²) in [6.07, 6.45) is 2.22. The van der Waals surface area contributed by atoms with Crippen molar-refractivity contribution in [2.75, 3.05) is 11.9 Å². The van der Waals surface area contributed by atoms with Crippen LogP contribution in [0, 0.1) is 12.8 Å². The van der Waals surface area contributed by atoms with E-state index in [2.05, 4.69) is 22.7 Å². The predicted octanol–water partition coefficient (Wildman–Crippen LogP) is 1.31. The number of hydrogen-bond acceptors (Lipinski definition) is 4. The van der Waals surface area contributed by atoms with Crippen LogP contribution < -0.4 is 10.6 Å². The molecule has 0 aliphatic carbocycles. The molecule has 1 aromatic rings. The van der Waals surface area contributed by atoms with Crippen LogP contribution in [-0.2, 0) is 4.79 Å². The van der Waals surface area contributed by atoms with Gasteiger partial charge in [-0.25, -0.2) is 0 Å². The molecule has 5 nitrogen and oxygen atoms in total. The molecule has 0 aromatic carbocycles. The van der Waals surface area contributed by atoms with Gasteiger partial charge in [0.15, 0.2) is 5.82 Å². The van der Waals surface area contributed by atoms with Gasteiger partial charge in [-0.15, -0.1) is 0 Å². The minimum Gasteiger partial charge on any atom is -0.360 e. The van der Waals surface area contributed by atoms with Crippen molar-refractivity contribution in [2.45, 2.75) is 32.7 Å². The maximum absolute atomic E-state index is 11.9. The minimum atomic E-state index is -0.120. The molecule has 88 valence electrons. The lowest BCUT2D eigenvalue weighted by molar-refractivity contribution is -0.119. The summed E-state index contributed by atoms with van der Waals surface area (Å²) in [4.78, 5) is 11.9. The molecule has 2 atom stereocenters. The van der Waals surface area contributed by atoms with Gasteiger partial charge in [-0.2, -0.15) is 0 Å². The molecule has 0 saturated carbocycles. The summed E-state index contributed by atoms with van der Waals surface area (Å²) in [7, 11) is 0. The second-order valence-corrected chi connectivity index (χ2v) is 4.36. The van der Waals surface area contributed by atoms with Gasteiger partial charge in [0.05, 0.1) is 6.04 Å². The topological polar surface area (TPSA) is 67.2 Å². The first-order valence-corrected chi connectivity index (χ1v) is 5.64. The number of piperidine rings is 1. The molecule has 0 spiro atoms. The zero-order valence-electron chi connectivity index (χ0n) is 9.62. The van der Waals surface area contributed by atoms with Crippen LogP contribution in [0.5, 0.6) is 0 Å². The molecule has 1 saturated heterocycles. The highest BCUT2D eigenvalue weighted by Gasteiger charge is 2.27. The Morgan fingerprint density at radius 3 is 3.12 bits per heavy atom. The number of aryl methyl sites for hydroxylation is 1. The summed E-state index contributed by atoms with van der Waals surface area (Å²) in [6.45, 7) is 4.79. The van der Waals surface area contributed by atoms with Crippen molar-refractivity contribution >= 4 is 11.7 Å². The van der Waals surface area contributed by atoms with E-state index < -0.39 is 0 Å². The Kier molecular flexibility index (Phi) is 3.24. The molecule has 0 radical (unpaired) electrons. The van der Waals surface area contributed by atoms with Gasteiger partial charge in [0.2, 0.25) is 5.91 Å². The molecule has 2 rings (SSSR count). The van der Waals surface area contributed by atoms with Crippen molar-refractivity contribution in [3.05, 3.63) is 11.8 Å². The van der Waals surface area contributed by atoms with Crippen molar-refractivity contribution in [3.63, 3.8) is 0 Å². The Labute approximate surface area is 94.6 Å². The van der Waals surface area contributed by atoms with Crippen LogP contribution in [0.1, 0.15) is 25.5 Å². The van der Waals surface area contributed by atoms with E-state index >= 15 is 0 Å². The number of nitrogens with zero attached hydrogens (tertiary/aromatic N) is 1. The second-order valence-electron chi connectivity index (χ2n) is 4.36. The van der Waals surface area contributed by atoms with Crippen molar-refractivity contribution in [2.24, 2.45) is 5.92 Å². The van der Waals surface area contributed by atoms with E-state index in [9.17, 15) is 4.79 Å². The molecule has 16 heavy (non-hydrogen) atoms. The fourth-order valence-electron chi connectivity index (χ4n) is 2.03. The molecule has 2 heterocycles. The molecule has 2 unspecified atom stereocenters. The number of hydrogen-bond donors (Lipinski definition) is 2. The smallest absolute Gasteiger partial charge is 0.243 e. The van der Waals surface area contributed by atoms with Gasteiger partial charge >= 0.3 is 0 Å². The Morgan fingerprint density at radius 1 is 1.69 bits per heavy atom. The number of nitrogens with one attached hydrogen (secondary N) is 2. The first-order valence-electron chi connectivity index (χ1n) is 5.64. The Balaban J connectivity index is 1.96. The fourth-order valence-corrected chi connectivity index (χ4v) is 2.03. The van der Waals surface area contributed by atoms with Gasteiger partial charge in [-0.1, -0.05) is 12.1 Å². The van der Waals surface area contributed by atoms with E-state index in [1.54, 1.807) is 13.0 Å². The quantitative estimate of drug-likeness (QED) is 0.793. The number of anilines is 1. The van der Waals surface area contributed by atoms with Gasteiger partial charge in [0.1, 0.15) is 5.76 Å². The second kappa shape index (κ2) is 4.65. The summed E-state index contributed by atoms with van der Waals surface area (Å²) in [5.41, 5.74) is 0. The van der Waals surface area contributed by atoms with Gasteiger partial charge in [0.25, 0.3) is 0 Å². The third-order valence-electron chi connectivity index (χ3n) is 2.93. The van der Waals surface area contributed by atoms with Crippen molar-refractivity contribution in [3.8, 4) is 0 Å². The number of carbonyl (C=O) groups is 1. The van der Waals surface area contributed by atoms with E-state index in [1.807, 2.05) is 0 Å². The van der Waals surface area contributed by atoms with Crippen LogP contribution in [0.15, 0.2) is 10.6 Å². The van der Waals surface area contributed by atoms with Crippen LogP contribution in [0.2, 0.25) is 0 Å². The highest BCUT2D eigenvalue weighted by atomic mass is 16.5. The van der Waals surface area contributed by atoms with Crippen LogP contribution in [0.3, 0.4) is 0 Å². The number of carbonyl (C=O) groups excluding carboxylic acids is 1. The Bertz CT molecular complexity index is 375. The van der Waals surface area contributed by atoms with Gasteiger partial charge in [-0.05, 0) is 32.2 Å². The van der Waals surface area contributed by atoms with Gasteiger partial charge in [0, 0.05) is 6.07 Å².